The van der Waals surface area contributed by atoms with Crippen LogP contribution in [0.15, 0.2) is 0 Å². The maximum absolute atomic E-state index is 4.81. The van der Waals surface area contributed by atoms with E-state index in [0.29, 0.717) is 0 Å². The van der Waals surface area contributed by atoms with Crippen LogP contribution < -0.4 is 0 Å². The maximum atomic E-state index is 4.81. The van der Waals surface area contributed by atoms with Crippen molar-refractivity contribution in [2.24, 2.45) is 11.8 Å². The third-order valence-corrected chi connectivity index (χ3v) is 5.32. The molecule has 0 radical (unpaired) electrons. The van der Waals surface area contributed by atoms with E-state index in [1.54, 1.807) is 0 Å². The molecule has 0 amide bonds. The molecule has 3 heteroatoms. The molecule has 0 aromatic carbocycles. The number of hydrogen-bond acceptors (Lipinski definition) is 2. The van der Waals surface area contributed by atoms with Crippen LogP contribution in [0.25, 0.3) is 4.96 Å². The highest BCUT2D eigenvalue weighted by Crippen LogP contribution is 2.33. The molecular weight excluding hydrogens is 228 g/mol. The molecule has 0 N–H and O–H groups in total. The van der Waals surface area contributed by atoms with Gasteiger partial charge in [0.05, 0.1) is 5.69 Å². The summed E-state index contributed by atoms with van der Waals surface area (Å²) in [5.74, 6) is 1.62. The van der Waals surface area contributed by atoms with Crippen molar-refractivity contribution in [2.75, 3.05) is 0 Å². The number of fused-ring (bicyclic) bond motifs is 3. The first-order valence-electron chi connectivity index (χ1n) is 6.54. The van der Waals surface area contributed by atoms with Gasteiger partial charge in [-0.2, -0.15) is 0 Å². The first kappa shape index (κ1) is 11.3. The summed E-state index contributed by atoms with van der Waals surface area (Å²) in [7, 11) is 0. The van der Waals surface area contributed by atoms with E-state index in [-0.39, 0.29) is 0 Å². The Bertz CT molecular complexity index is 562. The van der Waals surface area contributed by atoms with Crippen LogP contribution in [0.3, 0.4) is 0 Å². The molecule has 1 atom stereocenters. The smallest absolute Gasteiger partial charge is 0.194 e. The molecule has 1 unspecified atom stereocenters. The summed E-state index contributed by atoms with van der Waals surface area (Å²) in [6.07, 6.45) is 3.70. The second kappa shape index (κ2) is 3.84. The first-order chi connectivity index (χ1) is 8.08. The van der Waals surface area contributed by atoms with Crippen LogP contribution in [-0.4, -0.2) is 9.38 Å². The molecule has 0 saturated heterocycles. The van der Waals surface area contributed by atoms with E-state index in [2.05, 4.69) is 32.1 Å². The summed E-state index contributed by atoms with van der Waals surface area (Å²) in [5.41, 5.74) is 4.24. The topological polar surface area (TPSA) is 17.3 Å². The van der Waals surface area contributed by atoms with Crippen molar-refractivity contribution >= 4 is 16.3 Å². The molecule has 1 aliphatic rings. The van der Waals surface area contributed by atoms with Gasteiger partial charge >= 0.3 is 0 Å². The number of nitrogens with zero attached hydrogens (tertiary/aromatic N) is 2. The van der Waals surface area contributed by atoms with Crippen LogP contribution in [0.2, 0.25) is 0 Å². The number of thiazole rings is 1. The third kappa shape index (κ3) is 1.63. The number of aromatic nitrogens is 2. The summed E-state index contributed by atoms with van der Waals surface area (Å²) in [5, 5.41) is 0. The number of aryl methyl sites for hydroxylation is 3. The quantitative estimate of drug-likeness (QED) is 0.751. The lowest BCUT2D eigenvalue weighted by Crippen LogP contribution is -2.20. The van der Waals surface area contributed by atoms with Gasteiger partial charge in [0.15, 0.2) is 4.96 Å². The van der Waals surface area contributed by atoms with E-state index >= 15 is 0 Å². The second-order valence-electron chi connectivity index (χ2n) is 5.61. The minimum atomic E-state index is 0.786. The average molecular weight is 248 g/mol. The molecule has 0 bridgehead atoms. The monoisotopic (exact) mass is 248 g/mol. The highest BCUT2D eigenvalue weighted by molar-refractivity contribution is 7.17. The summed E-state index contributed by atoms with van der Waals surface area (Å²) in [6, 6.07) is 0. The molecule has 0 aliphatic heterocycles. The Morgan fingerprint density at radius 2 is 2.12 bits per heavy atom. The molecule has 0 fully saturated rings. The minimum Gasteiger partial charge on any atom is -0.291 e. The van der Waals surface area contributed by atoms with E-state index in [9.17, 15) is 0 Å². The van der Waals surface area contributed by atoms with Gasteiger partial charge in [-0.3, -0.25) is 4.40 Å². The number of imidazole rings is 1. The molecule has 2 heterocycles. The standard InChI is InChI=1S/C14H20N2S/c1-8(2)11-5-6-12-13(7-11)16-9(3)10(4)17-14(16)15-12/h8,11H,5-7H2,1-4H3. The molecule has 0 spiro atoms. The Hall–Kier alpha value is -0.830. The van der Waals surface area contributed by atoms with E-state index in [4.69, 9.17) is 4.98 Å². The Labute approximate surface area is 107 Å². The van der Waals surface area contributed by atoms with Gasteiger partial charge in [0, 0.05) is 16.3 Å². The van der Waals surface area contributed by atoms with Crippen LogP contribution in [0.1, 0.15) is 42.2 Å². The molecule has 0 saturated carbocycles. The van der Waals surface area contributed by atoms with Gasteiger partial charge in [-0.05, 0) is 44.9 Å². The fourth-order valence-corrected chi connectivity index (χ4v) is 3.92. The van der Waals surface area contributed by atoms with Crippen LogP contribution in [0.5, 0.6) is 0 Å². The lowest BCUT2D eigenvalue weighted by molar-refractivity contribution is 0.337. The average Bonchev–Trinajstić information content (AvgIpc) is 2.76. The highest BCUT2D eigenvalue weighted by Gasteiger charge is 2.26. The number of hydrogen-bond donors (Lipinski definition) is 0. The van der Waals surface area contributed by atoms with E-state index in [0.717, 1.165) is 11.8 Å². The molecule has 3 rings (SSSR count). The van der Waals surface area contributed by atoms with Crippen LogP contribution >= 0.6 is 11.3 Å². The van der Waals surface area contributed by atoms with E-state index < -0.39 is 0 Å². The molecular formula is C14H20N2S. The van der Waals surface area contributed by atoms with Crippen molar-refractivity contribution in [3.05, 3.63) is 22.0 Å². The Morgan fingerprint density at radius 3 is 2.82 bits per heavy atom. The maximum Gasteiger partial charge on any atom is 0.194 e. The summed E-state index contributed by atoms with van der Waals surface area (Å²) in [6.45, 7) is 9.11. The van der Waals surface area contributed by atoms with E-state index in [1.807, 2.05) is 11.3 Å². The third-order valence-electron chi connectivity index (χ3n) is 4.26. The fourth-order valence-electron chi connectivity index (χ4n) is 2.91. The Balaban J connectivity index is 2.12. The Morgan fingerprint density at radius 1 is 1.35 bits per heavy atom. The van der Waals surface area contributed by atoms with Gasteiger partial charge in [0.2, 0.25) is 0 Å². The highest BCUT2D eigenvalue weighted by atomic mass is 32.1. The predicted octanol–water partition coefficient (Wildman–Crippen LogP) is 3.77. The van der Waals surface area contributed by atoms with Crippen molar-refractivity contribution in [1.82, 2.24) is 9.38 Å². The predicted molar refractivity (Wildman–Crippen MR) is 72.9 cm³/mol. The molecule has 2 aromatic rings. The largest absolute Gasteiger partial charge is 0.291 e. The molecule has 2 nitrogen and oxygen atoms in total. The number of rotatable bonds is 1. The van der Waals surface area contributed by atoms with Gasteiger partial charge in [-0.15, -0.1) is 11.3 Å². The fraction of sp³-hybridized carbons (Fsp3) is 0.643. The second-order valence-corrected chi connectivity index (χ2v) is 6.80. The lowest BCUT2D eigenvalue weighted by Gasteiger charge is -2.25. The van der Waals surface area contributed by atoms with Crippen LogP contribution in [0, 0.1) is 25.7 Å². The molecule has 92 valence electrons. The van der Waals surface area contributed by atoms with Gasteiger partial charge < -0.3 is 0 Å². The first-order valence-corrected chi connectivity index (χ1v) is 7.35. The molecule has 2 aromatic heterocycles. The zero-order chi connectivity index (χ0) is 12.2. The van der Waals surface area contributed by atoms with Crippen LogP contribution in [-0.2, 0) is 12.8 Å². The lowest BCUT2D eigenvalue weighted by atomic mass is 9.82. The summed E-state index contributed by atoms with van der Waals surface area (Å²) in [4.78, 5) is 7.42. The van der Waals surface area contributed by atoms with E-state index in [1.165, 1.54) is 46.2 Å². The Kier molecular flexibility index (Phi) is 2.54. The van der Waals surface area contributed by atoms with Crippen molar-refractivity contribution in [3.8, 4) is 0 Å². The summed E-state index contributed by atoms with van der Waals surface area (Å²) >= 11 is 1.83. The van der Waals surface area contributed by atoms with Crippen molar-refractivity contribution in [3.63, 3.8) is 0 Å². The minimum absolute atomic E-state index is 0.786. The zero-order valence-corrected chi connectivity index (χ0v) is 11.9. The van der Waals surface area contributed by atoms with Gasteiger partial charge in [-0.25, -0.2) is 4.98 Å². The SMILES string of the molecule is Cc1sc2nc3c(n2c1C)CC(C(C)C)CC3. The molecule has 1 aliphatic carbocycles. The van der Waals surface area contributed by atoms with Gasteiger partial charge in [0.1, 0.15) is 0 Å². The van der Waals surface area contributed by atoms with Crippen molar-refractivity contribution < 1.29 is 0 Å². The summed E-state index contributed by atoms with van der Waals surface area (Å²) < 4.78 is 2.41. The van der Waals surface area contributed by atoms with Crippen molar-refractivity contribution in [1.29, 1.82) is 0 Å². The van der Waals surface area contributed by atoms with Crippen LogP contribution in [0.4, 0.5) is 0 Å². The van der Waals surface area contributed by atoms with Gasteiger partial charge in [0.25, 0.3) is 0 Å². The zero-order valence-electron chi connectivity index (χ0n) is 11.1. The van der Waals surface area contributed by atoms with Crippen molar-refractivity contribution in [2.45, 2.75) is 47.0 Å². The normalized spacial score (nSPS) is 20.2. The molecule has 17 heavy (non-hydrogen) atoms. The van der Waals surface area contributed by atoms with Gasteiger partial charge in [-0.1, -0.05) is 13.8 Å².